The standard InChI is InChI=1S/C15H22F3NOS/c1-10(2)11-7-6-8-12(9-11)13(15(16,17)18)19-21(20)14(3,4)5/h6-10,13,19H,1-5H3/t13-,21+/m1/s1. The van der Waals surface area contributed by atoms with Crippen molar-refractivity contribution in [2.45, 2.75) is 57.5 Å². The van der Waals surface area contributed by atoms with Crippen LogP contribution in [0.15, 0.2) is 24.3 Å². The quantitative estimate of drug-likeness (QED) is 0.871. The van der Waals surface area contributed by atoms with Crippen molar-refractivity contribution in [2.75, 3.05) is 0 Å². The highest BCUT2D eigenvalue weighted by atomic mass is 32.2. The molecule has 0 spiro atoms. The van der Waals surface area contributed by atoms with E-state index in [4.69, 9.17) is 0 Å². The van der Waals surface area contributed by atoms with E-state index >= 15 is 0 Å². The largest absolute Gasteiger partial charge is 0.408 e. The molecule has 0 fully saturated rings. The lowest BCUT2D eigenvalue weighted by Crippen LogP contribution is -2.41. The third-order valence-electron chi connectivity index (χ3n) is 3.02. The number of halogens is 3. The maximum absolute atomic E-state index is 13.3. The molecule has 2 nitrogen and oxygen atoms in total. The molecular formula is C15H22F3NOS. The molecule has 0 heterocycles. The van der Waals surface area contributed by atoms with Crippen LogP contribution in [0.5, 0.6) is 0 Å². The van der Waals surface area contributed by atoms with Crippen LogP contribution in [0.25, 0.3) is 0 Å². The van der Waals surface area contributed by atoms with Crippen molar-refractivity contribution in [3.63, 3.8) is 0 Å². The summed E-state index contributed by atoms with van der Waals surface area (Å²) >= 11 is 0. The minimum absolute atomic E-state index is 0.0892. The second-order valence-corrected chi connectivity index (χ2v) is 8.30. The molecule has 2 atom stereocenters. The van der Waals surface area contributed by atoms with Gasteiger partial charge in [0.15, 0.2) is 0 Å². The number of alkyl halides is 3. The first-order valence-electron chi connectivity index (χ1n) is 6.77. The van der Waals surface area contributed by atoms with E-state index in [9.17, 15) is 17.4 Å². The second-order valence-electron chi connectivity index (χ2n) is 6.30. The number of nitrogens with one attached hydrogen (secondary N) is 1. The van der Waals surface area contributed by atoms with Crippen molar-refractivity contribution in [3.05, 3.63) is 35.4 Å². The van der Waals surface area contributed by atoms with Crippen LogP contribution in [0, 0.1) is 0 Å². The first kappa shape index (κ1) is 18.2. The van der Waals surface area contributed by atoms with Gasteiger partial charge >= 0.3 is 6.18 Å². The van der Waals surface area contributed by atoms with Crippen molar-refractivity contribution in [3.8, 4) is 0 Å². The molecule has 0 radical (unpaired) electrons. The average Bonchev–Trinajstić information content (AvgIpc) is 2.33. The van der Waals surface area contributed by atoms with Crippen LogP contribution in [-0.4, -0.2) is 15.1 Å². The Balaban J connectivity index is 3.15. The Kier molecular flexibility index (Phi) is 5.61. The summed E-state index contributed by atoms with van der Waals surface area (Å²) in [7, 11) is -1.80. The van der Waals surface area contributed by atoms with E-state index in [1.165, 1.54) is 12.1 Å². The Morgan fingerprint density at radius 3 is 2.05 bits per heavy atom. The summed E-state index contributed by atoms with van der Waals surface area (Å²) in [4.78, 5) is 0. The third kappa shape index (κ3) is 5.11. The number of rotatable bonds is 4. The molecule has 0 unspecified atom stereocenters. The normalized spacial score (nSPS) is 16.0. The summed E-state index contributed by atoms with van der Waals surface area (Å²) in [5, 5.41) is 0. The molecule has 1 N–H and O–H groups in total. The fourth-order valence-corrected chi connectivity index (χ4v) is 2.54. The van der Waals surface area contributed by atoms with Gasteiger partial charge in [0.1, 0.15) is 6.04 Å². The third-order valence-corrected chi connectivity index (χ3v) is 4.58. The van der Waals surface area contributed by atoms with Gasteiger partial charge in [-0.1, -0.05) is 38.1 Å². The Hall–Kier alpha value is -0.880. The van der Waals surface area contributed by atoms with Crippen molar-refractivity contribution in [2.24, 2.45) is 0 Å². The molecule has 0 amide bonds. The summed E-state index contributed by atoms with van der Waals surface area (Å²) in [6.07, 6.45) is -4.50. The molecule has 0 aliphatic heterocycles. The lowest BCUT2D eigenvalue weighted by molar-refractivity contribution is -0.152. The zero-order chi connectivity index (χ0) is 16.4. The first-order valence-corrected chi connectivity index (χ1v) is 7.92. The highest BCUT2D eigenvalue weighted by molar-refractivity contribution is 7.84. The van der Waals surface area contributed by atoms with Crippen molar-refractivity contribution < 1.29 is 17.4 Å². The van der Waals surface area contributed by atoms with Crippen LogP contribution in [0.1, 0.15) is 57.7 Å². The fraction of sp³-hybridized carbons (Fsp3) is 0.600. The highest BCUT2D eigenvalue weighted by Crippen LogP contribution is 2.34. The van der Waals surface area contributed by atoms with E-state index < -0.39 is 28.0 Å². The molecule has 1 aromatic rings. The van der Waals surface area contributed by atoms with E-state index in [1.54, 1.807) is 32.9 Å². The van der Waals surface area contributed by atoms with Crippen molar-refractivity contribution >= 4 is 11.0 Å². The van der Waals surface area contributed by atoms with Gasteiger partial charge in [0.25, 0.3) is 0 Å². The van der Waals surface area contributed by atoms with Gasteiger partial charge in [0.05, 0.1) is 15.7 Å². The van der Waals surface area contributed by atoms with E-state index in [1.807, 2.05) is 13.8 Å². The van der Waals surface area contributed by atoms with Gasteiger partial charge in [-0.25, -0.2) is 8.93 Å². The van der Waals surface area contributed by atoms with Gasteiger partial charge in [-0.2, -0.15) is 13.2 Å². The zero-order valence-corrected chi connectivity index (χ0v) is 13.7. The molecule has 0 aliphatic carbocycles. The minimum Gasteiger partial charge on any atom is -0.242 e. The molecular weight excluding hydrogens is 299 g/mol. The molecule has 1 rings (SSSR count). The van der Waals surface area contributed by atoms with E-state index in [2.05, 4.69) is 4.72 Å². The van der Waals surface area contributed by atoms with E-state index in [0.29, 0.717) is 0 Å². The van der Waals surface area contributed by atoms with Gasteiger partial charge in [-0.15, -0.1) is 0 Å². The Morgan fingerprint density at radius 1 is 1.10 bits per heavy atom. The molecule has 0 saturated heterocycles. The maximum Gasteiger partial charge on any atom is 0.408 e. The van der Waals surface area contributed by atoms with Crippen LogP contribution in [-0.2, 0) is 11.0 Å². The summed E-state index contributed by atoms with van der Waals surface area (Å²) in [5.74, 6) is 0.131. The van der Waals surface area contributed by atoms with E-state index in [0.717, 1.165) is 5.56 Å². The monoisotopic (exact) mass is 321 g/mol. The summed E-state index contributed by atoms with van der Waals surface area (Å²) in [6.45, 7) is 8.74. The SMILES string of the molecule is CC(C)c1cccc([C@@H](N[S@@](=O)C(C)(C)C)C(F)(F)F)c1. The molecule has 0 bridgehead atoms. The Labute approximate surface area is 126 Å². The summed E-state index contributed by atoms with van der Waals surface area (Å²) in [6, 6.07) is 4.40. The van der Waals surface area contributed by atoms with Crippen LogP contribution in [0.4, 0.5) is 13.2 Å². The average molecular weight is 321 g/mol. The predicted octanol–water partition coefficient (Wildman–Crippen LogP) is 4.47. The number of hydrogen-bond acceptors (Lipinski definition) is 1. The van der Waals surface area contributed by atoms with Gasteiger partial charge in [-0.3, -0.25) is 0 Å². The predicted molar refractivity (Wildman–Crippen MR) is 80.4 cm³/mol. The number of hydrogen-bond donors (Lipinski definition) is 1. The van der Waals surface area contributed by atoms with Gasteiger partial charge < -0.3 is 0 Å². The lowest BCUT2D eigenvalue weighted by Gasteiger charge is -2.26. The van der Waals surface area contributed by atoms with Crippen LogP contribution in [0.2, 0.25) is 0 Å². The zero-order valence-electron chi connectivity index (χ0n) is 12.9. The van der Waals surface area contributed by atoms with E-state index in [-0.39, 0.29) is 11.5 Å². The maximum atomic E-state index is 13.3. The van der Waals surface area contributed by atoms with Crippen molar-refractivity contribution in [1.29, 1.82) is 0 Å². The molecule has 0 saturated carbocycles. The lowest BCUT2D eigenvalue weighted by atomic mass is 9.98. The molecule has 0 aromatic heterocycles. The molecule has 0 aliphatic rings. The highest BCUT2D eigenvalue weighted by Gasteiger charge is 2.43. The first-order chi connectivity index (χ1) is 9.43. The smallest absolute Gasteiger partial charge is 0.242 e. The van der Waals surface area contributed by atoms with Gasteiger partial charge in [-0.05, 0) is 37.8 Å². The minimum atomic E-state index is -4.50. The topological polar surface area (TPSA) is 29.1 Å². The molecule has 6 heteroatoms. The van der Waals surface area contributed by atoms with Crippen molar-refractivity contribution in [1.82, 2.24) is 4.72 Å². The van der Waals surface area contributed by atoms with Crippen LogP contribution < -0.4 is 4.72 Å². The van der Waals surface area contributed by atoms with Crippen LogP contribution in [0.3, 0.4) is 0 Å². The Bertz CT molecular complexity index is 506. The van der Waals surface area contributed by atoms with Crippen LogP contribution >= 0.6 is 0 Å². The molecule has 21 heavy (non-hydrogen) atoms. The molecule has 120 valence electrons. The van der Waals surface area contributed by atoms with Gasteiger partial charge in [0, 0.05) is 0 Å². The Morgan fingerprint density at radius 2 is 1.62 bits per heavy atom. The second kappa shape index (κ2) is 6.48. The fourth-order valence-electron chi connectivity index (χ4n) is 1.71. The van der Waals surface area contributed by atoms with Gasteiger partial charge in [0.2, 0.25) is 0 Å². The summed E-state index contributed by atoms with van der Waals surface area (Å²) in [5.41, 5.74) is 0.913. The number of benzene rings is 1. The molecule has 1 aromatic carbocycles. The summed E-state index contributed by atoms with van der Waals surface area (Å²) < 4.78 is 53.3.